The van der Waals surface area contributed by atoms with Crippen LogP contribution in [0.1, 0.15) is 22.8 Å². The van der Waals surface area contributed by atoms with Gasteiger partial charge in [-0.25, -0.2) is 0 Å². The van der Waals surface area contributed by atoms with Gasteiger partial charge in [-0.3, -0.25) is 4.79 Å². The van der Waals surface area contributed by atoms with E-state index in [1.165, 1.54) is 17.3 Å². The van der Waals surface area contributed by atoms with Crippen LogP contribution in [0.15, 0.2) is 52.2 Å². The maximum absolute atomic E-state index is 12.7. The van der Waals surface area contributed by atoms with Gasteiger partial charge in [0, 0.05) is 28.2 Å². The summed E-state index contributed by atoms with van der Waals surface area (Å²) in [4.78, 5) is 16.0. The molecule has 3 heterocycles. The van der Waals surface area contributed by atoms with Gasteiger partial charge >= 0.3 is 0 Å². The molecule has 1 aliphatic rings. The SMILES string of the molecule is CCc1cccc2c(C(=O)CSc3nnc(-c4ccc5c(c4)OCO5)o3)c[nH]c12. The van der Waals surface area contributed by atoms with E-state index in [2.05, 4.69) is 28.2 Å². The Balaban J connectivity index is 1.30. The summed E-state index contributed by atoms with van der Waals surface area (Å²) < 4.78 is 16.4. The van der Waals surface area contributed by atoms with Crippen LogP contribution in [0.2, 0.25) is 0 Å². The fraction of sp³-hybridized carbons (Fsp3) is 0.190. The third kappa shape index (κ3) is 3.25. The summed E-state index contributed by atoms with van der Waals surface area (Å²) >= 11 is 1.23. The predicted molar refractivity (Wildman–Crippen MR) is 109 cm³/mol. The molecule has 0 saturated heterocycles. The number of benzene rings is 2. The number of thioether (sulfide) groups is 1. The van der Waals surface area contributed by atoms with Crippen molar-refractivity contribution in [1.82, 2.24) is 15.2 Å². The number of aryl methyl sites for hydroxylation is 1. The Labute approximate surface area is 170 Å². The van der Waals surface area contributed by atoms with Crippen molar-refractivity contribution in [2.24, 2.45) is 0 Å². The van der Waals surface area contributed by atoms with Gasteiger partial charge in [0.15, 0.2) is 17.3 Å². The van der Waals surface area contributed by atoms with Crippen molar-refractivity contribution in [3.63, 3.8) is 0 Å². The summed E-state index contributed by atoms with van der Waals surface area (Å²) in [7, 11) is 0. The van der Waals surface area contributed by atoms with Crippen LogP contribution in [0, 0.1) is 0 Å². The minimum absolute atomic E-state index is 0.0114. The van der Waals surface area contributed by atoms with Gasteiger partial charge in [-0.15, -0.1) is 10.2 Å². The number of aromatic amines is 1. The van der Waals surface area contributed by atoms with E-state index in [1.807, 2.05) is 18.2 Å². The molecule has 0 atom stereocenters. The molecule has 1 aliphatic heterocycles. The van der Waals surface area contributed by atoms with Crippen LogP contribution in [0.4, 0.5) is 0 Å². The quantitative estimate of drug-likeness (QED) is 0.372. The Bertz CT molecular complexity index is 1210. The molecule has 2 aromatic carbocycles. The lowest BCUT2D eigenvalue weighted by Gasteiger charge is -2.00. The summed E-state index contributed by atoms with van der Waals surface area (Å²) in [6.45, 7) is 2.31. The van der Waals surface area contributed by atoms with Gasteiger partial charge in [0.25, 0.3) is 5.22 Å². The Morgan fingerprint density at radius 2 is 2.07 bits per heavy atom. The average molecular weight is 407 g/mol. The van der Waals surface area contributed by atoms with Crippen LogP contribution in [0.5, 0.6) is 11.5 Å². The molecule has 0 radical (unpaired) electrons. The average Bonchev–Trinajstić information content (AvgIpc) is 3.50. The van der Waals surface area contributed by atoms with Gasteiger partial charge in [0.1, 0.15) is 0 Å². The molecule has 29 heavy (non-hydrogen) atoms. The molecule has 0 spiro atoms. The molecular formula is C21H17N3O4S. The molecule has 0 unspecified atom stereocenters. The van der Waals surface area contributed by atoms with Crippen LogP contribution in [0.3, 0.4) is 0 Å². The lowest BCUT2D eigenvalue weighted by molar-refractivity contribution is 0.102. The van der Waals surface area contributed by atoms with Crippen LogP contribution < -0.4 is 9.47 Å². The zero-order valence-electron chi connectivity index (χ0n) is 15.6. The first-order valence-corrected chi connectivity index (χ1v) is 10.2. The van der Waals surface area contributed by atoms with Crippen molar-refractivity contribution in [1.29, 1.82) is 0 Å². The van der Waals surface area contributed by atoms with Crippen molar-refractivity contribution in [3.8, 4) is 23.0 Å². The van der Waals surface area contributed by atoms with E-state index in [4.69, 9.17) is 13.9 Å². The van der Waals surface area contributed by atoms with Gasteiger partial charge < -0.3 is 18.9 Å². The number of hydrogen-bond donors (Lipinski definition) is 1. The van der Waals surface area contributed by atoms with Gasteiger partial charge in [0.2, 0.25) is 12.7 Å². The number of hydrogen-bond acceptors (Lipinski definition) is 7. The van der Waals surface area contributed by atoms with Crippen molar-refractivity contribution in [2.45, 2.75) is 18.6 Å². The molecule has 2 aromatic heterocycles. The number of ether oxygens (including phenoxy) is 2. The van der Waals surface area contributed by atoms with Crippen molar-refractivity contribution >= 4 is 28.4 Å². The molecule has 1 N–H and O–H groups in total. The van der Waals surface area contributed by atoms with Gasteiger partial charge in [-0.2, -0.15) is 0 Å². The van der Waals surface area contributed by atoms with Crippen LogP contribution in [-0.4, -0.2) is 33.5 Å². The molecular weight excluding hydrogens is 390 g/mol. The Hall–Kier alpha value is -3.26. The minimum Gasteiger partial charge on any atom is -0.454 e. The molecule has 0 amide bonds. The van der Waals surface area contributed by atoms with Gasteiger partial charge in [-0.05, 0) is 30.2 Å². The van der Waals surface area contributed by atoms with E-state index >= 15 is 0 Å². The Morgan fingerprint density at radius 3 is 2.97 bits per heavy atom. The highest BCUT2D eigenvalue weighted by Gasteiger charge is 2.18. The zero-order valence-corrected chi connectivity index (χ0v) is 16.4. The summed E-state index contributed by atoms with van der Waals surface area (Å²) in [5, 5.41) is 9.41. The van der Waals surface area contributed by atoms with E-state index in [9.17, 15) is 4.79 Å². The summed E-state index contributed by atoms with van der Waals surface area (Å²) in [5.74, 6) is 1.94. The zero-order chi connectivity index (χ0) is 19.8. The molecule has 0 fully saturated rings. The van der Waals surface area contributed by atoms with Crippen molar-refractivity contribution in [3.05, 3.63) is 53.7 Å². The fourth-order valence-corrected chi connectivity index (χ4v) is 4.01. The molecule has 5 rings (SSSR count). The molecule has 4 aromatic rings. The van der Waals surface area contributed by atoms with Crippen molar-refractivity contribution in [2.75, 3.05) is 12.5 Å². The van der Waals surface area contributed by atoms with E-state index in [0.717, 1.165) is 22.9 Å². The fourth-order valence-electron chi connectivity index (χ4n) is 3.36. The second-order valence-corrected chi connectivity index (χ2v) is 7.48. The van der Waals surface area contributed by atoms with Gasteiger partial charge in [-0.1, -0.05) is 36.9 Å². The second-order valence-electron chi connectivity index (χ2n) is 6.55. The van der Waals surface area contributed by atoms with E-state index in [0.29, 0.717) is 28.2 Å². The lowest BCUT2D eigenvalue weighted by Crippen LogP contribution is -2.01. The second kappa shape index (κ2) is 7.29. The number of carbonyl (C=O) groups is 1. The third-order valence-corrected chi connectivity index (χ3v) is 5.65. The lowest BCUT2D eigenvalue weighted by atomic mass is 10.1. The van der Waals surface area contributed by atoms with Crippen LogP contribution in [0.25, 0.3) is 22.4 Å². The molecule has 0 saturated carbocycles. The standard InChI is InChI=1S/C21H17N3O4S/c1-2-12-4-3-5-14-15(9-22-19(12)14)16(25)10-29-21-24-23-20(28-21)13-6-7-17-18(8-13)27-11-26-17/h3-9,22H,2,10-11H2,1H3. The number of Topliss-reactive ketones (excluding diaryl/α,β-unsaturated/α-hetero) is 1. The van der Waals surface area contributed by atoms with Crippen LogP contribution in [-0.2, 0) is 6.42 Å². The number of nitrogens with one attached hydrogen (secondary N) is 1. The normalized spacial score (nSPS) is 12.6. The smallest absolute Gasteiger partial charge is 0.277 e. The van der Waals surface area contributed by atoms with E-state index in [-0.39, 0.29) is 18.3 Å². The number of H-pyrrole nitrogens is 1. The third-order valence-electron chi connectivity index (χ3n) is 4.84. The first kappa shape index (κ1) is 17.8. The molecule has 0 bridgehead atoms. The molecule has 8 heteroatoms. The van der Waals surface area contributed by atoms with E-state index in [1.54, 1.807) is 18.3 Å². The number of carbonyl (C=O) groups excluding carboxylic acids is 1. The maximum Gasteiger partial charge on any atom is 0.277 e. The maximum atomic E-state index is 12.7. The Morgan fingerprint density at radius 1 is 1.17 bits per heavy atom. The minimum atomic E-state index is 0.0114. The highest BCUT2D eigenvalue weighted by Crippen LogP contribution is 2.36. The van der Waals surface area contributed by atoms with Crippen molar-refractivity contribution < 1.29 is 18.7 Å². The monoisotopic (exact) mass is 407 g/mol. The number of para-hydroxylation sites is 1. The predicted octanol–water partition coefficient (Wildman–Crippen LogP) is 4.48. The largest absolute Gasteiger partial charge is 0.454 e. The Kier molecular flexibility index (Phi) is 4.48. The first-order valence-electron chi connectivity index (χ1n) is 9.21. The highest BCUT2D eigenvalue weighted by atomic mass is 32.2. The molecule has 0 aliphatic carbocycles. The summed E-state index contributed by atoms with van der Waals surface area (Å²) in [6.07, 6.45) is 2.68. The summed E-state index contributed by atoms with van der Waals surface area (Å²) in [6, 6.07) is 11.4. The van der Waals surface area contributed by atoms with Gasteiger partial charge in [0.05, 0.1) is 5.75 Å². The number of aromatic nitrogens is 3. The van der Waals surface area contributed by atoms with Crippen LogP contribution >= 0.6 is 11.8 Å². The molecule has 7 nitrogen and oxygen atoms in total. The first-order chi connectivity index (χ1) is 14.2. The van der Waals surface area contributed by atoms with E-state index < -0.39 is 0 Å². The topological polar surface area (TPSA) is 90.2 Å². The number of nitrogens with zero attached hydrogens (tertiary/aromatic N) is 2. The number of fused-ring (bicyclic) bond motifs is 2. The molecule has 146 valence electrons. The summed E-state index contributed by atoms with van der Waals surface area (Å²) in [5.41, 5.74) is 3.63. The highest BCUT2D eigenvalue weighted by molar-refractivity contribution is 7.99. The number of rotatable bonds is 6. The number of ketones is 1.